The Hall–Kier alpha value is -2.20. The number of nitrogens with one attached hydrogen (secondary N) is 1. The maximum Gasteiger partial charge on any atom is 0.265 e. The molecule has 1 amide bonds. The van der Waals surface area contributed by atoms with Crippen molar-refractivity contribution in [3.05, 3.63) is 53.6 Å². The van der Waals surface area contributed by atoms with E-state index in [9.17, 15) is 4.79 Å². The molecule has 0 aliphatic heterocycles. The Bertz CT molecular complexity index is 671. The molecule has 0 saturated carbocycles. The highest BCUT2D eigenvalue weighted by Gasteiger charge is 2.18. The van der Waals surface area contributed by atoms with Gasteiger partial charge in [0.2, 0.25) is 0 Å². The quantitative estimate of drug-likeness (QED) is 0.773. The highest BCUT2D eigenvalue weighted by atomic mass is 35.5. The van der Waals surface area contributed by atoms with Crippen LogP contribution in [0.15, 0.2) is 48.5 Å². The van der Waals surface area contributed by atoms with Crippen molar-refractivity contribution in [3.8, 4) is 11.5 Å². The van der Waals surface area contributed by atoms with Gasteiger partial charge in [0.05, 0.1) is 6.10 Å². The molecule has 0 aliphatic carbocycles. The van der Waals surface area contributed by atoms with Crippen LogP contribution in [0.25, 0.3) is 0 Å². The molecule has 1 atom stereocenters. The van der Waals surface area contributed by atoms with Crippen LogP contribution in [0.1, 0.15) is 27.2 Å². The number of halogens is 1. The van der Waals surface area contributed by atoms with Crippen LogP contribution in [0.4, 0.5) is 5.69 Å². The maximum atomic E-state index is 12.4. The zero-order valence-corrected chi connectivity index (χ0v) is 14.8. The first kappa shape index (κ1) is 18.1. The predicted octanol–water partition coefficient (Wildman–Crippen LogP) is 4.92. The molecule has 4 nitrogen and oxygen atoms in total. The van der Waals surface area contributed by atoms with Crippen molar-refractivity contribution in [2.24, 2.45) is 0 Å². The lowest BCUT2D eigenvalue weighted by Crippen LogP contribution is -2.32. The molecule has 2 aromatic rings. The van der Waals surface area contributed by atoms with E-state index < -0.39 is 6.10 Å². The van der Waals surface area contributed by atoms with E-state index in [2.05, 4.69) is 5.32 Å². The number of hydrogen-bond donors (Lipinski definition) is 1. The van der Waals surface area contributed by atoms with E-state index in [-0.39, 0.29) is 12.0 Å². The molecule has 0 heterocycles. The van der Waals surface area contributed by atoms with Crippen molar-refractivity contribution in [3.63, 3.8) is 0 Å². The van der Waals surface area contributed by atoms with Crippen LogP contribution in [0.2, 0.25) is 5.02 Å². The molecular weight excluding hydrogens is 326 g/mol. The van der Waals surface area contributed by atoms with Crippen LogP contribution < -0.4 is 14.8 Å². The molecule has 2 rings (SSSR count). The van der Waals surface area contributed by atoms with Gasteiger partial charge in [0.1, 0.15) is 11.5 Å². The average molecular weight is 348 g/mol. The van der Waals surface area contributed by atoms with Crippen LogP contribution in [0.5, 0.6) is 11.5 Å². The van der Waals surface area contributed by atoms with Crippen LogP contribution in [-0.2, 0) is 4.79 Å². The standard InChI is InChI=1S/C19H22ClNO3/c1-4-18(24-17-7-5-6-14(20)12-17)19(22)21-15-8-10-16(11-9-15)23-13(2)3/h5-13,18H,4H2,1-3H3,(H,21,22)/t18-/m1/s1. The lowest BCUT2D eigenvalue weighted by molar-refractivity contribution is -0.122. The van der Waals surface area contributed by atoms with E-state index in [0.29, 0.717) is 22.9 Å². The number of benzene rings is 2. The summed E-state index contributed by atoms with van der Waals surface area (Å²) in [6.45, 7) is 5.83. The molecule has 1 N–H and O–H groups in total. The second-order valence-corrected chi connectivity index (χ2v) is 6.09. The molecule has 5 heteroatoms. The summed E-state index contributed by atoms with van der Waals surface area (Å²) < 4.78 is 11.3. The lowest BCUT2D eigenvalue weighted by atomic mass is 10.2. The first-order valence-corrected chi connectivity index (χ1v) is 8.35. The van der Waals surface area contributed by atoms with Gasteiger partial charge in [-0.25, -0.2) is 0 Å². The van der Waals surface area contributed by atoms with Gasteiger partial charge in [-0.05, 0) is 62.7 Å². The normalized spacial score (nSPS) is 11.9. The number of hydrogen-bond acceptors (Lipinski definition) is 3. The second-order valence-electron chi connectivity index (χ2n) is 5.65. The molecule has 0 unspecified atom stereocenters. The number of anilines is 1. The van der Waals surface area contributed by atoms with Gasteiger partial charge in [0, 0.05) is 10.7 Å². The van der Waals surface area contributed by atoms with Gasteiger partial charge in [-0.15, -0.1) is 0 Å². The fourth-order valence-electron chi connectivity index (χ4n) is 2.14. The van der Waals surface area contributed by atoms with Crippen LogP contribution in [-0.4, -0.2) is 18.1 Å². The third-order valence-corrected chi connectivity index (χ3v) is 3.47. The summed E-state index contributed by atoms with van der Waals surface area (Å²) in [4.78, 5) is 12.4. The van der Waals surface area contributed by atoms with Gasteiger partial charge in [0.25, 0.3) is 5.91 Å². The fraction of sp³-hybridized carbons (Fsp3) is 0.316. The summed E-state index contributed by atoms with van der Waals surface area (Å²) in [5.41, 5.74) is 0.698. The van der Waals surface area contributed by atoms with Crippen molar-refractivity contribution in [2.45, 2.75) is 39.4 Å². The molecule has 0 fully saturated rings. The largest absolute Gasteiger partial charge is 0.491 e. The molecule has 0 spiro atoms. The number of carbonyl (C=O) groups is 1. The summed E-state index contributed by atoms with van der Waals surface area (Å²) in [5, 5.41) is 3.43. The summed E-state index contributed by atoms with van der Waals surface area (Å²) in [7, 11) is 0. The first-order chi connectivity index (χ1) is 11.5. The average Bonchev–Trinajstić information content (AvgIpc) is 2.54. The Balaban J connectivity index is 1.98. The Morgan fingerprint density at radius 3 is 2.38 bits per heavy atom. The van der Waals surface area contributed by atoms with E-state index in [1.807, 2.05) is 45.0 Å². The minimum Gasteiger partial charge on any atom is -0.491 e. The summed E-state index contributed by atoms with van der Waals surface area (Å²) in [6, 6.07) is 14.3. The van der Waals surface area contributed by atoms with Crippen LogP contribution in [0, 0.1) is 0 Å². The van der Waals surface area contributed by atoms with E-state index in [1.54, 1.807) is 24.3 Å². The maximum absolute atomic E-state index is 12.4. The zero-order valence-electron chi connectivity index (χ0n) is 14.1. The number of ether oxygens (including phenoxy) is 2. The number of amides is 1. The van der Waals surface area contributed by atoms with Crippen molar-refractivity contribution in [2.75, 3.05) is 5.32 Å². The molecular formula is C19H22ClNO3. The number of rotatable bonds is 7. The first-order valence-electron chi connectivity index (χ1n) is 7.97. The van der Waals surface area contributed by atoms with Crippen molar-refractivity contribution in [1.29, 1.82) is 0 Å². The van der Waals surface area contributed by atoms with Crippen molar-refractivity contribution in [1.82, 2.24) is 0 Å². The molecule has 0 aromatic heterocycles. The second kappa shape index (κ2) is 8.60. The molecule has 0 radical (unpaired) electrons. The Morgan fingerprint density at radius 1 is 1.08 bits per heavy atom. The Kier molecular flexibility index (Phi) is 6.50. The molecule has 0 aliphatic rings. The van der Waals surface area contributed by atoms with E-state index >= 15 is 0 Å². The van der Waals surface area contributed by atoms with E-state index in [0.717, 1.165) is 5.75 Å². The van der Waals surface area contributed by atoms with Crippen LogP contribution >= 0.6 is 11.6 Å². The molecule has 0 saturated heterocycles. The molecule has 24 heavy (non-hydrogen) atoms. The Morgan fingerprint density at radius 2 is 1.79 bits per heavy atom. The van der Waals surface area contributed by atoms with Gasteiger partial charge in [-0.3, -0.25) is 4.79 Å². The minimum atomic E-state index is -0.588. The molecule has 2 aromatic carbocycles. The van der Waals surface area contributed by atoms with Gasteiger partial charge < -0.3 is 14.8 Å². The van der Waals surface area contributed by atoms with Crippen molar-refractivity contribution >= 4 is 23.2 Å². The highest BCUT2D eigenvalue weighted by molar-refractivity contribution is 6.30. The third kappa shape index (κ3) is 5.46. The monoisotopic (exact) mass is 347 g/mol. The van der Waals surface area contributed by atoms with Crippen LogP contribution in [0.3, 0.4) is 0 Å². The fourth-order valence-corrected chi connectivity index (χ4v) is 2.32. The smallest absolute Gasteiger partial charge is 0.265 e. The predicted molar refractivity (Wildman–Crippen MR) is 97.0 cm³/mol. The van der Waals surface area contributed by atoms with Gasteiger partial charge in [-0.2, -0.15) is 0 Å². The van der Waals surface area contributed by atoms with E-state index in [1.165, 1.54) is 0 Å². The van der Waals surface area contributed by atoms with E-state index in [4.69, 9.17) is 21.1 Å². The zero-order chi connectivity index (χ0) is 17.5. The number of carbonyl (C=O) groups excluding carboxylic acids is 1. The topological polar surface area (TPSA) is 47.6 Å². The van der Waals surface area contributed by atoms with Gasteiger partial charge in [0.15, 0.2) is 6.10 Å². The third-order valence-electron chi connectivity index (χ3n) is 3.23. The van der Waals surface area contributed by atoms with Gasteiger partial charge in [-0.1, -0.05) is 24.6 Å². The highest BCUT2D eigenvalue weighted by Crippen LogP contribution is 2.21. The molecule has 128 valence electrons. The summed E-state index contributed by atoms with van der Waals surface area (Å²) >= 11 is 5.94. The molecule has 0 bridgehead atoms. The summed E-state index contributed by atoms with van der Waals surface area (Å²) in [6.07, 6.45) is 0.0726. The Labute approximate surface area is 147 Å². The minimum absolute atomic E-state index is 0.112. The summed E-state index contributed by atoms with van der Waals surface area (Å²) in [5.74, 6) is 1.14. The van der Waals surface area contributed by atoms with Gasteiger partial charge >= 0.3 is 0 Å². The SMILES string of the molecule is CC[C@@H](Oc1cccc(Cl)c1)C(=O)Nc1ccc(OC(C)C)cc1. The lowest BCUT2D eigenvalue weighted by Gasteiger charge is -2.17. The van der Waals surface area contributed by atoms with Crippen molar-refractivity contribution < 1.29 is 14.3 Å².